The van der Waals surface area contributed by atoms with Crippen LogP contribution in [-0.2, 0) is 4.74 Å². The van der Waals surface area contributed by atoms with Gasteiger partial charge in [0.15, 0.2) is 0 Å². The van der Waals surface area contributed by atoms with Gasteiger partial charge in [-0.3, -0.25) is 9.69 Å². The number of hydrogen-bond acceptors (Lipinski definition) is 7. The highest BCUT2D eigenvalue weighted by molar-refractivity contribution is 5.96. The number of rotatable bonds is 9. The largest absolute Gasteiger partial charge is 0.442 e. The van der Waals surface area contributed by atoms with Crippen molar-refractivity contribution in [2.45, 2.75) is 109 Å². The fourth-order valence-corrected chi connectivity index (χ4v) is 8.47. The molecule has 0 N–H and O–H groups in total. The molecule has 0 bridgehead atoms. The summed E-state index contributed by atoms with van der Waals surface area (Å²) in [5.74, 6) is 1.72. The molecule has 1 unspecified atom stereocenters. The van der Waals surface area contributed by atoms with E-state index in [9.17, 15) is 9.59 Å². The van der Waals surface area contributed by atoms with Crippen LogP contribution in [0.4, 0.5) is 4.79 Å². The van der Waals surface area contributed by atoms with Crippen LogP contribution < -0.4 is 4.74 Å². The third kappa shape index (κ3) is 7.35. The van der Waals surface area contributed by atoms with E-state index in [1.54, 1.807) is 0 Å². The van der Waals surface area contributed by atoms with Gasteiger partial charge in [0.05, 0.1) is 17.0 Å². The van der Waals surface area contributed by atoms with E-state index in [1.165, 1.54) is 44.9 Å². The van der Waals surface area contributed by atoms with Crippen LogP contribution in [0, 0.1) is 25.7 Å². The van der Waals surface area contributed by atoms with Gasteiger partial charge in [0, 0.05) is 64.1 Å². The van der Waals surface area contributed by atoms with Crippen LogP contribution in [0.3, 0.4) is 0 Å². The second kappa shape index (κ2) is 14.7. The Morgan fingerprint density at radius 1 is 0.957 bits per heavy atom. The molecule has 2 amide bonds. The SMILES string of the molecule is CCCCC1CN(CC2CCCCC2)C(=O)OC12CCN(C1CCN(C(=O)c3c(C)nc(Oc4ccccc4)nc3C)CC1)CC2. The van der Waals surface area contributed by atoms with Gasteiger partial charge in [-0.1, -0.05) is 57.2 Å². The fraction of sp³-hybridized carbons (Fsp3) is 0.676. The second-order valence-electron chi connectivity index (χ2n) is 14.2. The first-order valence-electron chi connectivity index (χ1n) is 17.9. The molecule has 4 aliphatic rings. The number of ether oxygens (including phenoxy) is 2. The molecule has 4 heterocycles. The Balaban J connectivity index is 1.03. The Morgan fingerprint density at radius 2 is 1.63 bits per heavy atom. The van der Waals surface area contributed by atoms with E-state index in [-0.39, 0.29) is 23.6 Å². The molecular weight excluding hydrogens is 578 g/mol. The Kier molecular flexibility index (Phi) is 10.5. The molecule has 3 aliphatic heterocycles. The molecule has 1 aliphatic carbocycles. The summed E-state index contributed by atoms with van der Waals surface area (Å²) in [5, 5.41) is 0. The number of likely N-dealkylation sites (tertiary alicyclic amines) is 2. The number of amides is 2. The molecule has 1 aromatic carbocycles. The highest BCUT2D eigenvalue weighted by Gasteiger charge is 2.50. The Hall–Kier alpha value is -3.20. The minimum Gasteiger partial charge on any atom is -0.442 e. The summed E-state index contributed by atoms with van der Waals surface area (Å²) >= 11 is 0. The van der Waals surface area contributed by atoms with E-state index in [1.807, 2.05) is 49.1 Å². The quantitative estimate of drug-likeness (QED) is 0.290. The molecule has 250 valence electrons. The van der Waals surface area contributed by atoms with Crippen LogP contribution in [0.1, 0.15) is 106 Å². The lowest BCUT2D eigenvalue weighted by Gasteiger charge is -2.52. The van der Waals surface area contributed by atoms with Crippen LogP contribution in [0.15, 0.2) is 30.3 Å². The molecule has 3 saturated heterocycles. The van der Waals surface area contributed by atoms with E-state index in [4.69, 9.17) is 9.47 Å². The summed E-state index contributed by atoms with van der Waals surface area (Å²) < 4.78 is 12.3. The highest BCUT2D eigenvalue weighted by atomic mass is 16.6. The van der Waals surface area contributed by atoms with Crippen molar-refractivity contribution >= 4 is 12.0 Å². The molecule has 1 atom stereocenters. The summed E-state index contributed by atoms with van der Waals surface area (Å²) in [7, 11) is 0. The van der Waals surface area contributed by atoms with Gasteiger partial charge >= 0.3 is 12.1 Å². The smallest absolute Gasteiger partial charge is 0.410 e. The maximum absolute atomic E-state index is 13.6. The molecule has 9 heteroatoms. The normalized spacial score (nSPS) is 23.0. The number of aryl methyl sites for hydroxylation is 2. The predicted octanol–water partition coefficient (Wildman–Crippen LogP) is 7.16. The molecule has 9 nitrogen and oxygen atoms in total. The third-order valence-corrected chi connectivity index (χ3v) is 11.2. The number of piperidine rings is 2. The van der Waals surface area contributed by atoms with E-state index < -0.39 is 0 Å². The van der Waals surface area contributed by atoms with Crippen molar-refractivity contribution in [3.63, 3.8) is 0 Å². The summed E-state index contributed by atoms with van der Waals surface area (Å²) in [6.45, 7) is 11.0. The summed E-state index contributed by atoms with van der Waals surface area (Å²) in [6.07, 6.45) is 13.6. The topological polar surface area (TPSA) is 88.1 Å². The fourth-order valence-electron chi connectivity index (χ4n) is 8.47. The van der Waals surface area contributed by atoms with E-state index in [0.29, 0.717) is 40.6 Å². The zero-order valence-electron chi connectivity index (χ0n) is 28.2. The van der Waals surface area contributed by atoms with E-state index in [2.05, 4.69) is 26.7 Å². The Morgan fingerprint density at radius 3 is 2.28 bits per heavy atom. The lowest BCUT2D eigenvalue weighted by molar-refractivity contribution is -0.127. The number of aromatic nitrogens is 2. The molecule has 0 radical (unpaired) electrons. The van der Waals surface area contributed by atoms with Crippen LogP contribution in [0.5, 0.6) is 11.8 Å². The first kappa shape index (κ1) is 32.7. The van der Waals surface area contributed by atoms with Gasteiger partial charge in [0.1, 0.15) is 11.4 Å². The van der Waals surface area contributed by atoms with Crippen LogP contribution in [-0.4, -0.2) is 87.6 Å². The van der Waals surface area contributed by atoms with Crippen molar-refractivity contribution in [3.05, 3.63) is 47.3 Å². The lowest BCUT2D eigenvalue weighted by Crippen LogP contribution is -2.61. The average Bonchev–Trinajstić information content (AvgIpc) is 3.06. The van der Waals surface area contributed by atoms with Crippen molar-refractivity contribution in [1.82, 2.24) is 24.7 Å². The maximum atomic E-state index is 13.6. The number of para-hydroxylation sites is 1. The zero-order valence-corrected chi connectivity index (χ0v) is 28.2. The van der Waals surface area contributed by atoms with Crippen molar-refractivity contribution in [3.8, 4) is 11.8 Å². The Bertz CT molecular complexity index is 1310. The molecular formula is C37H53N5O4. The molecule has 46 heavy (non-hydrogen) atoms. The van der Waals surface area contributed by atoms with Crippen LogP contribution in [0.25, 0.3) is 0 Å². The highest BCUT2D eigenvalue weighted by Crippen LogP contribution is 2.42. The Labute approximate surface area is 275 Å². The van der Waals surface area contributed by atoms with Gasteiger partial charge in [-0.15, -0.1) is 0 Å². The number of hydrogen-bond donors (Lipinski definition) is 0. The molecule has 4 fully saturated rings. The molecule has 2 aromatic rings. The number of nitrogens with zero attached hydrogens (tertiary/aromatic N) is 5. The molecule has 1 spiro atoms. The summed E-state index contributed by atoms with van der Waals surface area (Å²) in [6, 6.07) is 10.2. The first-order valence-corrected chi connectivity index (χ1v) is 17.9. The van der Waals surface area contributed by atoms with Gasteiger partial charge in [0.2, 0.25) is 0 Å². The van der Waals surface area contributed by atoms with Gasteiger partial charge in [-0.05, 0) is 64.0 Å². The lowest BCUT2D eigenvalue weighted by atomic mass is 9.75. The monoisotopic (exact) mass is 631 g/mol. The van der Waals surface area contributed by atoms with Crippen molar-refractivity contribution < 1.29 is 19.1 Å². The number of benzene rings is 1. The van der Waals surface area contributed by atoms with E-state index in [0.717, 1.165) is 71.4 Å². The molecule has 6 rings (SSSR count). The molecule has 1 aromatic heterocycles. The third-order valence-electron chi connectivity index (χ3n) is 11.2. The first-order chi connectivity index (χ1) is 22.3. The van der Waals surface area contributed by atoms with Crippen molar-refractivity contribution in [2.24, 2.45) is 11.8 Å². The maximum Gasteiger partial charge on any atom is 0.410 e. The minimum absolute atomic E-state index is 0.00275. The number of unbranched alkanes of at least 4 members (excludes halogenated alkanes) is 1. The van der Waals surface area contributed by atoms with Gasteiger partial charge in [0.25, 0.3) is 5.91 Å². The number of carbonyl (C=O) groups excluding carboxylic acids is 2. The van der Waals surface area contributed by atoms with Crippen LogP contribution >= 0.6 is 0 Å². The van der Waals surface area contributed by atoms with Crippen molar-refractivity contribution in [2.75, 3.05) is 39.3 Å². The van der Waals surface area contributed by atoms with Crippen LogP contribution in [0.2, 0.25) is 0 Å². The van der Waals surface area contributed by atoms with Gasteiger partial charge < -0.3 is 19.3 Å². The van der Waals surface area contributed by atoms with Gasteiger partial charge in [-0.2, -0.15) is 9.97 Å². The second-order valence-corrected chi connectivity index (χ2v) is 14.2. The standard InChI is InChI=1S/C37H53N5O4/c1-4-5-14-30-26-42(25-29-12-8-6-9-13-29)36(44)46-37(30)19-23-40(24-20-37)31-17-21-41(22-18-31)34(43)33-27(2)38-35(39-28(33)3)45-32-15-10-7-11-16-32/h7,10-11,15-16,29-31H,4-6,8-9,12-14,17-26H2,1-3H3. The van der Waals surface area contributed by atoms with E-state index >= 15 is 0 Å². The average molecular weight is 632 g/mol. The minimum atomic E-state index is -0.325. The molecule has 1 saturated carbocycles. The number of carbonyl (C=O) groups is 2. The van der Waals surface area contributed by atoms with Crippen molar-refractivity contribution in [1.29, 1.82) is 0 Å². The van der Waals surface area contributed by atoms with Gasteiger partial charge in [-0.25, -0.2) is 4.79 Å². The summed E-state index contributed by atoms with van der Waals surface area (Å²) in [4.78, 5) is 42.6. The zero-order chi connectivity index (χ0) is 32.1. The predicted molar refractivity (Wildman–Crippen MR) is 178 cm³/mol. The summed E-state index contributed by atoms with van der Waals surface area (Å²) in [5.41, 5.74) is 1.54.